The number of hydrogen-bond acceptors (Lipinski definition) is 9. The van der Waals surface area contributed by atoms with Crippen LogP contribution in [0.25, 0.3) is 0 Å². The topological polar surface area (TPSA) is 54.9 Å². The molecule has 1 heterocycles. The van der Waals surface area contributed by atoms with Gasteiger partial charge in [-0.05, 0) is 122 Å². The van der Waals surface area contributed by atoms with Gasteiger partial charge in [-0.1, -0.05) is 0 Å². The van der Waals surface area contributed by atoms with E-state index >= 15 is 0 Å². The van der Waals surface area contributed by atoms with E-state index in [-0.39, 0.29) is 5.97 Å². The summed E-state index contributed by atoms with van der Waals surface area (Å²) in [4.78, 5) is 13.4. The van der Waals surface area contributed by atoms with E-state index in [1.807, 2.05) is 11.4 Å². The van der Waals surface area contributed by atoms with Crippen LogP contribution in [0.5, 0.6) is 0 Å². The Morgan fingerprint density at radius 1 is 0.700 bits per heavy atom. The second-order valence-corrected chi connectivity index (χ2v) is 18.4. The van der Waals surface area contributed by atoms with Crippen molar-refractivity contribution in [2.45, 2.75) is 172 Å². The summed E-state index contributed by atoms with van der Waals surface area (Å²) < 4.78 is 17.9. The van der Waals surface area contributed by atoms with E-state index in [1.165, 1.54) is 7.11 Å². The third-order valence-electron chi connectivity index (χ3n) is 6.75. The van der Waals surface area contributed by atoms with Crippen LogP contribution in [0.15, 0.2) is 5.10 Å². The first-order valence-electron chi connectivity index (χ1n) is 15.2. The van der Waals surface area contributed by atoms with Crippen LogP contribution in [-0.2, 0) is 9.53 Å². The average molecular weight is 621 g/mol. The van der Waals surface area contributed by atoms with Crippen molar-refractivity contribution in [1.82, 2.24) is 23.5 Å². The van der Waals surface area contributed by atoms with E-state index in [0.29, 0.717) is 54.8 Å². The molecule has 0 saturated carbocycles. The van der Waals surface area contributed by atoms with Crippen LogP contribution in [-0.4, -0.2) is 96.0 Å². The van der Waals surface area contributed by atoms with Crippen molar-refractivity contribution in [2.75, 3.05) is 7.11 Å². The molecule has 1 atom stereocenters. The lowest BCUT2D eigenvalue weighted by Crippen LogP contribution is -2.49. The molecule has 1 unspecified atom stereocenters. The Hall–Kier alpha value is -0.0100. The lowest BCUT2D eigenvalue weighted by atomic mass is 10.2. The van der Waals surface area contributed by atoms with E-state index in [4.69, 9.17) is 9.84 Å². The Morgan fingerprint density at radius 2 is 1.02 bits per heavy atom. The fourth-order valence-electron chi connectivity index (χ4n) is 5.65. The predicted octanol–water partition coefficient (Wildman–Crippen LogP) is 8.21. The maximum atomic E-state index is 13.4. The van der Waals surface area contributed by atoms with Gasteiger partial charge in [0.2, 0.25) is 0 Å². The number of esters is 1. The van der Waals surface area contributed by atoms with Crippen LogP contribution < -0.4 is 0 Å². The van der Waals surface area contributed by atoms with Gasteiger partial charge in [-0.2, -0.15) is 5.10 Å². The summed E-state index contributed by atoms with van der Waals surface area (Å²) in [6.45, 7) is 36.4. The van der Waals surface area contributed by atoms with Crippen molar-refractivity contribution in [2.24, 2.45) is 5.10 Å². The molecular formula is C29H62N6O2P2S. The van der Waals surface area contributed by atoms with Crippen molar-refractivity contribution < 1.29 is 9.53 Å². The molecule has 0 aromatic carbocycles. The summed E-state index contributed by atoms with van der Waals surface area (Å²) in [6.07, 6.45) is 0.580. The van der Waals surface area contributed by atoms with E-state index in [2.05, 4.69) is 134 Å². The normalized spacial score (nSPS) is 17.2. The van der Waals surface area contributed by atoms with Crippen LogP contribution in [0, 0.1) is 0 Å². The molecule has 236 valence electrons. The first-order chi connectivity index (χ1) is 18.4. The maximum Gasteiger partial charge on any atom is 0.331 e. The quantitative estimate of drug-likeness (QED) is 0.134. The number of carbonyl (C=O) groups excluding carboxylic acids is 1. The third-order valence-corrected chi connectivity index (χ3v) is 15.7. The van der Waals surface area contributed by atoms with Gasteiger partial charge < -0.3 is 4.74 Å². The summed E-state index contributed by atoms with van der Waals surface area (Å²) >= 11 is 1.88. The van der Waals surface area contributed by atoms with Gasteiger partial charge in [0, 0.05) is 54.8 Å². The molecule has 0 radical (unpaired) electrons. The SMILES string of the molecule is COC(=O)C1CC(SP(N(C(C)C)C(C)C)N(C(C)C)C(C)C)=NN1P(N(C(C)C)C(C)C)N(C(C)C)C(C)C. The summed E-state index contributed by atoms with van der Waals surface area (Å²) in [7, 11) is -0.337. The third kappa shape index (κ3) is 9.49. The molecule has 1 rings (SSSR count). The van der Waals surface area contributed by atoms with Crippen LogP contribution >= 0.6 is 27.2 Å². The highest BCUT2D eigenvalue weighted by Crippen LogP contribution is 2.63. The van der Waals surface area contributed by atoms with Crippen LogP contribution in [0.2, 0.25) is 0 Å². The molecule has 0 bridgehead atoms. The van der Waals surface area contributed by atoms with E-state index in [0.717, 1.165) is 5.04 Å². The maximum absolute atomic E-state index is 13.4. The highest BCUT2D eigenvalue weighted by molar-refractivity contribution is 8.61. The molecule has 1 aliphatic rings. The van der Waals surface area contributed by atoms with Crippen molar-refractivity contribution in [1.29, 1.82) is 0 Å². The summed E-state index contributed by atoms with van der Waals surface area (Å²) in [5, 5.41) is 6.41. The van der Waals surface area contributed by atoms with Gasteiger partial charge in [0.15, 0.2) is 14.4 Å². The average Bonchev–Trinajstić information content (AvgIpc) is 3.19. The smallest absolute Gasteiger partial charge is 0.331 e. The summed E-state index contributed by atoms with van der Waals surface area (Å²) in [5.74, 6) is -0.203. The van der Waals surface area contributed by atoms with Gasteiger partial charge in [0.1, 0.15) is 12.5 Å². The Bertz CT molecular complexity index is 737. The molecule has 8 nitrogen and oxygen atoms in total. The van der Waals surface area contributed by atoms with Gasteiger partial charge in [-0.15, -0.1) is 0 Å². The zero-order valence-corrected chi connectivity index (χ0v) is 31.3. The molecule has 1 aliphatic heterocycles. The molecule has 0 aromatic heterocycles. The number of hydrazone groups is 1. The summed E-state index contributed by atoms with van der Waals surface area (Å²) in [5.41, 5.74) is 0. The minimum atomic E-state index is -1.08. The standard InChI is InChI=1S/C29H62N6O2P2S/c1-19(2)31(20(3)4)38(32(21(5)6)22(7)8)35-27(29(36)37-17)18-28(30-35)40-39(33(23(9)10)24(11)12)34(25(13)14)26(15)16/h19-27H,18H2,1-17H3. The summed E-state index contributed by atoms with van der Waals surface area (Å²) in [6, 6.07) is 2.30. The highest BCUT2D eigenvalue weighted by Gasteiger charge is 2.47. The molecule has 40 heavy (non-hydrogen) atoms. The largest absolute Gasteiger partial charge is 0.467 e. The Balaban J connectivity index is 3.82. The molecule has 0 saturated heterocycles. The number of ether oxygens (including phenoxy) is 1. The number of nitrogens with zero attached hydrogens (tertiary/aromatic N) is 6. The first kappa shape index (κ1) is 38.0. The molecule has 0 N–H and O–H groups in total. The van der Waals surface area contributed by atoms with E-state index < -0.39 is 21.8 Å². The molecule has 0 aliphatic carbocycles. The highest BCUT2D eigenvalue weighted by atomic mass is 32.7. The van der Waals surface area contributed by atoms with Crippen LogP contribution in [0.3, 0.4) is 0 Å². The number of methoxy groups -OCH3 is 1. The van der Waals surface area contributed by atoms with Crippen molar-refractivity contribution in [3.05, 3.63) is 0 Å². The number of hydrogen-bond donors (Lipinski definition) is 0. The van der Waals surface area contributed by atoms with Crippen molar-refractivity contribution in [3.63, 3.8) is 0 Å². The predicted molar refractivity (Wildman–Crippen MR) is 180 cm³/mol. The monoisotopic (exact) mass is 620 g/mol. The molecule has 0 fully saturated rings. The van der Waals surface area contributed by atoms with Crippen LogP contribution in [0.1, 0.15) is 117 Å². The molecule has 0 spiro atoms. The lowest BCUT2D eigenvalue weighted by Gasteiger charge is -2.50. The zero-order valence-electron chi connectivity index (χ0n) is 28.7. The van der Waals surface area contributed by atoms with Gasteiger partial charge in [0.05, 0.1) is 7.11 Å². The van der Waals surface area contributed by atoms with Gasteiger partial charge in [-0.25, -0.2) is 18.9 Å². The first-order valence-corrected chi connectivity index (χ1v) is 19.1. The Labute approximate surface area is 254 Å². The molecule has 0 amide bonds. The Kier molecular flexibility index (Phi) is 15.9. The molecule has 0 aromatic rings. The zero-order chi connectivity index (χ0) is 31.2. The molecular weight excluding hydrogens is 558 g/mol. The number of carbonyl (C=O) groups is 1. The van der Waals surface area contributed by atoms with Crippen molar-refractivity contribution in [3.8, 4) is 0 Å². The van der Waals surface area contributed by atoms with Gasteiger partial charge >= 0.3 is 5.97 Å². The van der Waals surface area contributed by atoms with E-state index in [1.54, 1.807) is 0 Å². The van der Waals surface area contributed by atoms with Gasteiger partial charge in [-0.3, -0.25) is 9.34 Å². The fraction of sp³-hybridized carbons (Fsp3) is 0.931. The van der Waals surface area contributed by atoms with Crippen LogP contribution in [0.4, 0.5) is 0 Å². The minimum absolute atomic E-state index is 0.203. The second kappa shape index (κ2) is 16.7. The fourth-order valence-corrected chi connectivity index (χ4v) is 14.9. The molecule has 11 heteroatoms. The minimum Gasteiger partial charge on any atom is -0.467 e. The van der Waals surface area contributed by atoms with E-state index in [9.17, 15) is 4.79 Å². The second-order valence-electron chi connectivity index (χ2n) is 12.9. The lowest BCUT2D eigenvalue weighted by molar-refractivity contribution is -0.144. The number of rotatable bonds is 15. The van der Waals surface area contributed by atoms with Crippen molar-refractivity contribution >= 4 is 38.2 Å². The Morgan fingerprint density at radius 3 is 1.30 bits per heavy atom. The van der Waals surface area contributed by atoms with Gasteiger partial charge in [0.25, 0.3) is 0 Å².